The summed E-state index contributed by atoms with van der Waals surface area (Å²) in [5.41, 5.74) is -1.46. The molecule has 598 valence electrons. The van der Waals surface area contributed by atoms with E-state index < -0.39 is 124 Å². The quantitative estimate of drug-likeness (QED) is 0.0330. The number of non-ortho nitro benzene ring substituents is 1. The number of likely N-dealkylation sites (tertiary alicyclic amines) is 3. The number of likely N-dealkylation sites (N-methyl/N-ethyl adjacent to an activating group) is 3. The topological polar surface area (TPSA) is 409 Å². The van der Waals surface area contributed by atoms with Crippen LogP contribution >= 0.6 is 0 Å². The highest BCUT2D eigenvalue weighted by atomic mass is 16.6. The lowest BCUT2D eigenvalue weighted by Crippen LogP contribution is -2.61. The number of piperidine rings is 3. The van der Waals surface area contributed by atoms with Gasteiger partial charge < -0.3 is 67.3 Å². The zero-order valence-corrected chi connectivity index (χ0v) is 66.6. The number of rotatable bonds is 26. The zero-order valence-electron chi connectivity index (χ0n) is 66.6. The van der Waals surface area contributed by atoms with Crippen LogP contribution in [0.2, 0.25) is 0 Å². The van der Waals surface area contributed by atoms with Crippen LogP contribution in [-0.2, 0) is 57.5 Å². The molecule has 3 unspecified atom stereocenters. The Balaban J connectivity index is 0.000000207. The average Bonchev–Trinajstić information content (AvgIpc) is 1.54. The Morgan fingerprint density at radius 3 is 1.09 bits per heavy atom. The highest BCUT2D eigenvalue weighted by Crippen LogP contribution is 2.67. The molecule has 0 spiro atoms. The summed E-state index contributed by atoms with van der Waals surface area (Å²) < 4.78 is 5.29. The van der Waals surface area contributed by atoms with E-state index in [9.17, 15) is 77.2 Å². The molecule has 0 aromatic heterocycles. The number of nitrogens with zero attached hydrogens (tertiary/aromatic N) is 4. The summed E-state index contributed by atoms with van der Waals surface area (Å²) in [7, 11) is 5.66. The van der Waals surface area contributed by atoms with E-state index in [0.717, 1.165) is 57.8 Å². The van der Waals surface area contributed by atoms with Crippen molar-refractivity contribution in [3.05, 3.63) is 34.4 Å². The van der Waals surface area contributed by atoms with Crippen molar-refractivity contribution in [1.82, 2.24) is 62.6 Å². The third-order valence-electron chi connectivity index (χ3n) is 25.7. The average molecular weight is 1510 g/mol. The number of ketones is 3. The maximum absolute atomic E-state index is 14.1. The summed E-state index contributed by atoms with van der Waals surface area (Å²) in [6.07, 6.45) is 9.40. The van der Waals surface area contributed by atoms with Gasteiger partial charge in [-0.1, -0.05) is 162 Å². The van der Waals surface area contributed by atoms with Crippen LogP contribution in [0.1, 0.15) is 181 Å². The van der Waals surface area contributed by atoms with Gasteiger partial charge in [0.1, 0.15) is 36.0 Å². The van der Waals surface area contributed by atoms with Crippen LogP contribution in [0, 0.1) is 102 Å². The second-order valence-corrected chi connectivity index (χ2v) is 35.9. The Morgan fingerprint density at radius 2 is 0.815 bits per heavy atom. The van der Waals surface area contributed by atoms with E-state index in [1.807, 2.05) is 55.4 Å². The molecule has 1 aromatic carbocycles. The Bertz CT molecular complexity index is 3640. The first-order valence-electron chi connectivity index (χ1n) is 38.6. The molecule has 6 aliphatic carbocycles. The van der Waals surface area contributed by atoms with E-state index in [1.165, 1.54) is 57.4 Å². The van der Waals surface area contributed by atoms with Gasteiger partial charge in [-0.15, -0.1) is 0 Å². The molecule has 30 nitrogen and oxygen atoms in total. The fraction of sp³-hybridized carbons (Fsp3) is 0.744. The third-order valence-corrected chi connectivity index (χ3v) is 25.7. The molecule has 1 aromatic rings. The number of carbonyl (C=O) groups excluding carboxylic acids is 14. The summed E-state index contributed by atoms with van der Waals surface area (Å²) in [4.78, 5) is 196. The number of hydrogen-bond acceptors (Lipinski definition) is 17. The third kappa shape index (κ3) is 18.5. The summed E-state index contributed by atoms with van der Waals surface area (Å²) in [5.74, 6) is -5.20. The minimum absolute atomic E-state index is 0.00196. The lowest BCUT2D eigenvalue weighted by Gasteiger charge is -2.38. The second kappa shape index (κ2) is 33.3. The van der Waals surface area contributed by atoms with Crippen molar-refractivity contribution < 1.29 is 76.8 Å². The first-order chi connectivity index (χ1) is 50.3. The number of amides is 12. The molecular weight excluding hydrogens is 1390 g/mol. The van der Waals surface area contributed by atoms with Crippen molar-refractivity contribution in [2.75, 3.05) is 47.8 Å². The van der Waals surface area contributed by atoms with E-state index in [0.29, 0.717) is 56.7 Å². The summed E-state index contributed by atoms with van der Waals surface area (Å²) in [6, 6.07) is -2.33. The fourth-order valence-corrected chi connectivity index (χ4v) is 17.2. The molecule has 108 heavy (non-hydrogen) atoms. The van der Waals surface area contributed by atoms with Gasteiger partial charge in [-0.05, 0) is 118 Å². The first-order valence-corrected chi connectivity index (χ1v) is 38.6. The maximum atomic E-state index is 14.1. The summed E-state index contributed by atoms with van der Waals surface area (Å²) in [6.45, 7) is 30.8. The minimum atomic E-state index is -1.08. The van der Waals surface area contributed by atoms with E-state index in [4.69, 9.17) is 4.74 Å². The highest BCUT2D eigenvalue weighted by Gasteiger charge is 2.72. The van der Waals surface area contributed by atoms with Gasteiger partial charge in [0.15, 0.2) is 0 Å². The van der Waals surface area contributed by atoms with E-state index in [-0.39, 0.29) is 98.2 Å². The van der Waals surface area contributed by atoms with Crippen molar-refractivity contribution in [2.45, 2.75) is 229 Å². The summed E-state index contributed by atoms with van der Waals surface area (Å²) >= 11 is 0. The van der Waals surface area contributed by atoms with Crippen LogP contribution in [-0.4, -0.2) is 198 Å². The van der Waals surface area contributed by atoms with Gasteiger partial charge in [-0.25, -0.2) is 9.59 Å². The van der Waals surface area contributed by atoms with Gasteiger partial charge in [0.25, 0.3) is 23.4 Å². The number of nitro groups is 1. The molecule has 0 radical (unpaired) electrons. The lowest BCUT2D eigenvalue weighted by atomic mass is 9.80. The number of fused-ring (bicyclic) bond motifs is 3. The van der Waals surface area contributed by atoms with Crippen molar-refractivity contribution in [2.24, 2.45) is 92.2 Å². The van der Waals surface area contributed by atoms with Crippen molar-refractivity contribution in [3.63, 3.8) is 0 Å². The molecule has 12 amide bonds. The van der Waals surface area contributed by atoms with Crippen LogP contribution in [0.4, 0.5) is 15.3 Å². The molecule has 3 saturated heterocycles. The zero-order chi connectivity index (χ0) is 80.5. The minimum Gasteiger partial charge on any atom is -0.410 e. The first kappa shape index (κ1) is 85.0. The number of hydrogen-bond donors (Lipinski definition) is 9. The van der Waals surface area contributed by atoms with E-state index >= 15 is 0 Å². The molecule has 15 atom stereocenters. The van der Waals surface area contributed by atoms with Crippen molar-refractivity contribution in [1.29, 1.82) is 0 Å². The number of nitrogens with one attached hydrogen (secondary N) is 9. The number of urea groups is 1. The Hall–Kier alpha value is -8.60. The number of ether oxygens (including phenoxy) is 1. The molecule has 10 rings (SSSR count). The van der Waals surface area contributed by atoms with Crippen LogP contribution in [0.3, 0.4) is 0 Å². The van der Waals surface area contributed by atoms with Crippen LogP contribution in [0.5, 0.6) is 5.75 Å². The highest BCUT2D eigenvalue weighted by molar-refractivity contribution is 6.39. The van der Waals surface area contributed by atoms with Crippen LogP contribution in [0.15, 0.2) is 24.3 Å². The largest absolute Gasteiger partial charge is 0.413 e. The number of carbonyl (C=O) groups is 14. The smallest absolute Gasteiger partial charge is 0.410 e. The molecule has 30 heteroatoms. The molecule has 0 bridgehead atoms. The van der Waals surface area contributed by atoms with E-state index in [2.05, 4.69) is 75.5 Å². The van der Waals surface area contributed by atoms with Crippen LogP contribution < -0.4 is 52.6 Å². The Kier molecular flexibility index (Phi) is 26.2. The molecule has 9 N–H and O–H groups in total. The van der Waals surface area contributed by atoms with Gasteiger partial charge in [-0.2, -0.15) is 0 Å². The van der Waals surface area contributed by atoms with Crippen molar-refractivity contribution in [3.8, 4) is 5.75 Å². The van der Waals surface area contributed by atoms with Gasteiger partial charge in [0.2, 0.25) is 52.8 Å². The normalized spacial score (nSPS) is 26.0. The molecule has 6 saturated carbocycles. The van der Waals surface area contributed by atoms with Gasteiger partial charge in [0.05, 0.1) is 23.0 Å². The van der Waals surface area contributed by atoms with Crippen LogP contribution in [0.25, 0.3) is 0 Å². The fourth-order valence-electron chi connectivity index (χ4n) is 17.2. The lowest BCUT2D eigenvalue weighted by molar-refractivity contribution is -0.384. The number of Topliss-reactive ketones (excluding diaryl/α,β-unsaturated/α-hetero) is 3. The molecular formula is C78H119N13O17. The molecule has 3 heterocycles. The Labute approximate surface area is 634 Å². The van der Waals surface area contributed by atoms with Gasteiger partial charge in [-0.3, -0.25) is 67.6 Å². The predicted octanol–water partition coefficient (Wildman–Crippen LogP) is 5.13. The maximum Gasteiger partial charge on any atom is 0.413 e. The Morgan fingerprint density at radius 1 is 0.481 bits per heavy atom. The second-order valence-electron chi connectivity index (χ2n) is 35.9. The monoisotopic (exact) mass is 1510 g/mol. The molecule has 3 aliphatic heterocycles. The van der Waals surface area contributed by atoms with Crippen molar-refractivity contribution >= 4 is 88.3 Å². The molecule has 9 fully saturated rings. The van der Waals surface area contributed by atoms with Gasteiger partial charge >= 0.3 is 12.1 Å². The predicted molar refractivity (Wildman–Crippen MR) is 398 cm³/mol. The molecule has 9 aliphatic rings. The standard InChI is InChI=1S/C30H41N5O8.C24H39N5O5.C24H39N3O4/c1-29(2,3)24(33-28(40)43-18-12-10-17(11-13-18)35(41)42)27(39)34-15-19-21(30(19,4)5)22(34)25(37)32-20(14-16-8-7-9-16)23(36)26(38)31-6;1-12(2)17(28-23(34)26-6)22(33)29-11-14-16(24(14,3)4)18(29)20(31)27-15(10-13-8-7-9-13)19(30)21(32)25-5;1-13(23(2,3)4)22(31)27-12-15-17(24(15,5)6)18(27)20(29)26-16(11-14-9-8-10-14)19(28)21(30)25-7/h10-13,16,19-22,24H,7-9,14-15H2,1-6H3,(H,31,38)(H,32,37)(H,33,40);12-18H,7-11H2,1-6H3,(H,25,32)(H,27,31)(H2,26,28,34);13-18H,8-12H2,1-7H3,(H,25,30)(H,26,29)/t19-,20?,21-,22-,24+;14-,15?,16-,17-,18-;13-,15+,16?,17+,18+/m001/s1. The number of nitro benzene ring substituents is 1. The SMILES string of the molecule is CNC(=O)C(=O)C(CC1CCC1)NC(=O)[C@@H]1[C@@H]2[C@H](CN1C(=O)[C@@H](C)C(C)(C)C)C2(C)C.CNC(=O)C(=O)C(CC1CCC1)NC(=O)[C@@H]1[C@@H]2[C@H](CN1C(=O)[C@@H](NC(=O)Oc1ccc([N+](=O)[O-])cc1)C(C)(C)C)C2(C)C.CNC(=O)N[C@H](C(=O)N1C[C@H]2[C@@H]([C@H]1C(=O)NC(CC1CCC1)C(=O)C(=O)NC)C2(C)C)C(C)C. The summed E-state index contributed by atoms with van der Waals surface area (Å²) in [5, 5.41) is 34.3. The van der Waals surface area contributed by atoms with E-state index in [1.54, 1.807) is 30.6 Å². The van der Waals surface area contributed by atoms with Gasteiger partial charge in [0, 0.05) is 65.9 Å². The number of benzene rings is 1.